The number of rotatable bonds is 5. The molecule has 1 aromatic carbocycles. The molecule has 5 nitrogen and oxygen atoms in total. The third kappa shape index (κ3) is 4.86. The zero-order valence-corrected chi connectivity index (χ0v) is 18.8. The van der Waals surface area contributed by atoms with Crippen molar-refractivity contribution >= 4 is 29.1 Å². The van der Waals surface area contributed by atoms with Crippen LogP contribution in [0, 0.1) is 32.1 Å². The zero-order chi connectivity index (χ0) is 22.9. The van der Waals surface area contributed by atoms with E-state index in [0.717, 1.165) is 27.9 Å². The molecule has 2 aromatic rings. The van der Waals surface area contributed by atoms with Gasteiger partial charge in [-0.15, -0.1) is 6.42 Å². The first-order valence-corrected chi connectivity index (χ1v) is 10.5. The van der Waals surface area contributed by atoms with Gasteiger partial charge < -0.3 is 5.32 Å². The van der Waals surface area contributed by atoms with Crippen LogP contribution in [0.3, 0.4) is 0 Å². The molecule has 31 heavy (non-hydrogen) atoms. The SMILES string of the molecule is C#CC(C)(C)NC(=O)CC1CC(=O)C(c2c(C)cc(-c3ccc(Cl)cn3)cc2C)C1=O. The molecule has 1 saturated carbocycles. The van der Waals surface area contributed by atoms with Crippen LogP contribution >= 0.6 is 11.6 Å². The Balaban J connectivity index is 1.85. The van der Waals surface area contributed by atoms with Gasteiger partial charge >= 0.3 is 0 Å². The number of aromatic nitrogens is 1. The molecule has 2 atom stereocenters. The summed E-state index contributed by atoms with van der Waals surface area (Å²) in [5, 5.41) is 3.27. The van der Waals surface area contributed by atoms with E-state index < -0.39 is 17.4 Å². The van der Waals surface area contributed by atoms with Crippen LogP contribution in [0.25, 0.3) is 11.3 Å². The van der Waals surface area contributed by atoms with E-state index in [4.69, 9.17) is 18.0 Å². The number of terminal acetylenes is 1. The van der Waals surface area contributed by atoms with Crippen LogP contribution in [0.4, 0.5) is 0 Å². The summed E-state index contributed by atoms with van der Waals surface area (Å²) in [5.74, 6) is 0.330. The molecule has 2 unspecified atom stereocenters. The van der Waals surface area contributed by atoms with E-state index in [9.17, 15) is 14.4 Å². The Hall–Kier alpha value is -2.97. The summed E-state index contributed by atoms with van der Waals surface area (Å²) in [6, 6.07) is 7.45. The molecule has 1 aliphatic rings. The second-order valence-corrected chi connectivity index (χ2v) is 9.05. The fourth-order valence-corrected chi connectivity index (χ4v) is 4.23. The summed E-state index contributed by atoms with van der Waals surface area (Å²) in [7, 11) is 0. The largest absolute Gasteiger partial charge is 0.340 e. The number of Topliss-reactive ketones (excluding diaryl/α,β-unsaturated/α-hetero) is 2. The number of aryl methyl sites for hydroxylation is 2. The lowest BCUT2D eigenvalue weighted by Gasteiger charge is -2.20. The van der Waals surface area contributed by atoms with E-state index in [0.29, 0.717) is 5.02 Å². The predicted molar refractivity (Wildman–Crippen MR) is 121 cm³/mol. The lowest BCUT2D eigenvalue weighted by atomic mass is 9.85. The molecule has 1 aromatic heterocycles. The van der Waals surface area contributed by atoms with Crippen LogP contribution in [0.15, 0.2) is 30.5 Å². The van der Waals surface area contributed by atoms with E-state index in [1.54, 1.807) is 26.1 Å². The molecule has 0 bridgehead atoms. The third-order valence-corrected chi connectivity index (χ3v) is 5.83. The number of carbonyl (C=O) groups is 3. The van der Waals surface area contributed by atoms with Gasteiger partial charge in [-0.05, 0) is 68.7 Å². The van der Waals surface area contributed by atoms with Crippen molar-refractivity contribution in [3.63, 3.8) is 0 Å². The Morgan fingerprint density at radius 1 is 1.26 bits per heavy atom. The molecule has 0 saturated heterocycles. The van der Waals surface area contributed by atoms with Crippen LogP contribution in [-0.4, -0.2) is 28.0 Å². The fraction of sp³-hybridized carbons (Fsp3) is 0.360. The number of pyridine rings is 1. The molecule has 0 radical (unpaired) electrons. The molecule has 3 rings (SSSR count). The fourth-order valence-electron chi connectivity index (χ4n) is 4.12. The highest BCUT2D eigenvalue weighted by atomic mass is 35.5. The molecule has 1 fully saturated rings. The van der Waals surface area contributed by atoms with Crippen molar-refractivity contribution in [1.82, 2.24) is 10.3 Å². The molecule has 0 aliphatic heterocycles. The molecule has 1 heterocycles. The first kappa shape index (κ1) is 22.7. The van der Waals surface area contributed by atoms with Crippen molar-refractivity contribution in [2.45, 2.75) is 52.0 Å². The number of amides is 1. The van der Waals surface area contributed by atoms with E-state index in [1.807, 2.05) is 32.0 Å². The number of hydrogen-bond donors (Lipinski definition) is 1. The van der Waals surface area contributed by atoms with Gasteiger partial charge in [-0.3, -0.25) is 19.4 Å². The number of ketones is 2. The van der Waals surface area contributed by atoms with Crippen molar-refractivity contribution in [3.05, 3.63) is 52.2 Å². The Labute approximate surface area is 187 Å². The summed E-state index contributed by atoms with van der Waals surface area (Å²) >= 11 is 5.92. The van der Waals surface area contributed by atoms with Crippen LogP contribution in [-0.2, 0) is 14.4 Å². The molecule has 160 valence electrons. The van der Waals surface area contributed by atoms with Crippen molar-refractivity contribution in [3.8, 4) is 23.6 Å². The maximum absolute atomic E-state index is 13.1. The smallest absolute Gasteiger partial charge is 0.221 e. The highest BCUT2D eigenvalue weighted by Crippen LogP contribution is 2.38. The maximum atomic E-state index is 13.1. The van der Waals surface area contributed by atoms with Crippen molar-refractivity contribution in [2.75, 3.05) is 0 Å². The number of benzene rings is 1. The minimum absolute atomic E-state index is 0.0446. The molecular formula is C25H25ClN2O3. The van der Waals surface area contributed by atoms with Crippen LogP contribution in [0.1, 0.15) is 49.3 Å². The third-order valence-electron chi connectivity index (χ3n) is 5.61. The van der Waals surface area contributed by atoms with Gasteiger partial charge in [0, 0.05) is 30.5 Å². The molecule has 1 aliphatic carbocycles. The van der Waals surface area contributed by atoms with E-state index in [2.05, 4.69) is 16.2 Å². The lowest BCUT2D eigenvalue weighted by Crippen LogP contribution is -2.43. The number of carbonyl (C=O) groups excluding carboxylic acids is 3. The second-order valence-electron chi connectivity index (χ2n) is 8.61. The monoisotopic (exact) mass is 436 g/mol. The Bertz CT molecular complexity index is 1070. The number of nitrogens with zero attached hydrogens (tertiary/aromatic N) is 1. The zero-order valence-electron chi connectivity index (χ0n) is 18.1. The van der Waals surface area contributed by atoms with E-state index in [-0.39, 0.29) is 30.3 Å². The topological polar surface area (TPSA) is 76.1 Å². The maximum Gasteiger partial charge on any atom is 0.221 e. The standard InChI is InChI=1S/C25H25ClN2O3/c1-6-25(4,5)28-21(30)12-17-11-20(29)23(24(17)31)22-14(2)9-16(10-15(22)3)19-8-7-18(26)13-27-19/h1,7-10,13,17,23H,11-12H2,2-5H3,(H,28,30). The molecule has 6 heteroatoms. The predicted octanol–water partition coefficient (Wildman–Crippen LogP) is 4.18. The van der Waals surface area contributed by atoms with E-state index >= 15 is 0 Å². The highest BCUT2D eigenvalue weighted by molar-refractivity contribution is 6.30. The molecule has 1 N–H and O–H groups in total. The van der Waals surface area contributed by atoms with Crippen LogP contribution in [0.5, 0.6) is 0 Å². The average molecular weight is 437 g/mol. The van der Waals surface area contributed by atoms with Crippen molar-refractivity contribution < 1.29 is 14.4 Å². The second kappa shape index (κ2) is 8.64. The Morgan fingerprint density at radius 3 is 2.45 bits per heavy atom. The number of nitrogens with one attached hydrogen (secondary N) is 1. The summed E-state index contributed by atoms with van der Waals surface area (Å²) in [5.41, 5.74) is 3.26. The Morgan fingerprint density at radius 2 is 1.90 bits per heavy atom. The van der Waals surface area contributed by atoms with Crippen molar-refractivity contribution in [2.24, 2.45) is 5.92 Å². The normalized spacial score (nSPS) is 18.7. The summed E-state index contributed by atoms with van der Waals surface area (Å²) in [6.07, 6.45) is 7.01. The number of hydrogen-bond acceptors (Lipinski definition) is 4. The molecule has 1 amide bonds. The van der Waals surface area contributed by atoms with Gasteiger partial charge in [0.2, 0.25) is 5.91 Å². The van der Waals surface area contributed by atoms with Gasteiger partial charge in [0.1, 0.15) is 11.7 Å². The Kier molecular flexibility index (Phi) is 6.33. The van der Waals surface area contributed by atoms with Gasteiger partial charge in [-0.1, -0.05) is 17.5 Å². The minimum Gasteiger partial charge on any atom is -0.340 e. The van der Waals surface area contributed by atoms with Gasteiger partial charge in [-0.2, -0.15) is 0 Å². The first-order chi connectivity index (χ1) is 14.5. The van der Waals surface area contributed by atoms with Gasteiger partial charge in [0.05, 0.1) is 16.3 Å². The molecular weight excluding hydrogens is 412 g/mol. The lowest BCUT2D eigenvalue weighted by molar-refractivity contribution is -0.129. The quantitative estimate of drug-likeness (QED) is 0.563. The summed E-state index contributed by atoms with van der Waals surface area (Å²) in [6.45, 7) is 7.19. The van der Waals surface area contributed by atoms with Gasteiger partial charge in [0.15, 0.2) is 5.78 Å². The number of halogens is 1. The first-order valence-electron chi connectivity index (χ1n) is 10.1. The molecule has 0 spiro atoms. The highest BCUT2D eigenvalue weighted by Gasteiger charge is 2.44. The van der Waals surface area contributed by atoms with Crippen LogP contribution in [0.2, 0.25) is 5.02 Å². The van der Waals surface area contributed by atoms with Gasteiger partial charge in [0.25, 0.3) is 0 Å². The van der Waals surface area contributed by atoms with E-state index in [1.165, 1.54) is 0 Å². The summed E-state index contributed by atoms with van der Waals surface area (Å²) in [4.78, 5) is 42.6. The summed E-state index contributed by atoms with van der Waals surface area (Å²) < 4.78 is 0. The van der Waals surface area contributed by atoms with Crippen molar-refractivity contribution in [1.29, 1.82) is 0 Å². The van der Waals surface area contributed by atoms with Gasteiger partial charge in [-0.25, -0.2) is 0 Å². The average Bonchev–Trinajstić information content (AvgIpc) is 2.95. The minimum atomic E-state index is -0.842. The van der Waals surface area contributed by atoms with Crippen LogP contribution < -0.4 is 5.32 Å².